The molecule has 0 aliphatic rings. The van der Waals surface area contributed by atoms with E-state index in [1.54, 1.807) is 13.1 Å². The van der Waals surface area contributed by atoms with Crippen molar-refractivity contribution in [1.82, 2.24) is 4.57 Å². The van der Waals surface area contributed by atoms with Crippen molar-refractivity contribution in [2.75, 3.05) is 28.8 Å². The predicted octanol–water partition coefficient (Wildman–Crippen LogP) is 4.10. The van der Waals surface area contributed by atoms with Gasteiger partial charge in [0, 0.05) is 28.3 Å². The fourth-order valence-electron chi connectivity index (χ4n) is 2.15. The molecule has 0 saturated heterocycles. The number of benzene rings is 1. The number of aromatic nitrogens is 1. The lowest BCUT2D eigenvalue weighted by atomic mass is 10.3. The van der Waals surface area contributed by atoms with E-state index in [0.717, 1.165) is 3.57 Å². The van der Waals surface area contributed by atoms with E-state index in [9.17, 15) is 9.00 Å². The zero-order valence-electron chi connectivity index (χ0n) is 14.1. The Hall–Kier alpha value is -0.970. The first-order valence-corrected chi connectivity index (χ1v) is 10.9. The lowest BCUT2D eigenvalue weighted by Crippen LogP contribution is -2.22. The summed E-state index contributed by atoms with van der Waals surface area (Å²) in [6.45, 7) is 0. The Labute approximate surface area is 177 Å². The number of methoxy groups -OCH3 is 1. The minimum atomic E-state index is -1.38. The van der Waals surface area contributed by atoms with E-state index in [-0.39, 0.29) is 11.3 Å². The number of ether oxygens (including phenoxy) is 1. The molecular formula is C16H18Cl2IN3O3S. The molecule has 0 fully saturated rings. The van der Waals surface area contributed by atoms with Crippen molar-refractivity contribution in [3.63, 3.8) is 0 Å². The Morgan fingerprint density at radius 1 is 1.35 bits per heavy atom. The number of alkyl halides is 1. The van der Waals surface area contributed by atoms with Crippen molar-refractivity contribution in [3.05, 3.63) is 43.2 Å². The number of rotatable bonds is 8. The van der Waals surface area contributed by atoms with E-state index in [4.69, 9.17) is 27.9 Å². The van der Waals surface area contributed by atoms with Crippen molar-refractivity contribution in [2.24, 2.45) is 7.05 Å². The van der Waals surface area contributed by atoms with Crippen LogP contribution in [0.1, 0.15) is 6.42 Å². The third-order valence-electron chi connectivity index (χ3n) is 3.49. The average Bonchev–Trinajstić information content (AvgIpc) is 2.60. The Morgan fingerprint density at radius 2 is 2.08 bits per heavy atom. The highest BCUT2D eigenvalue weighted by Crippen LogP contribution is 2.35. The highest BCUT2D eigenvalue weighted by atomic mass is 127. The van der Waals surface area contributed by atoms with Crippen molar-refractivity contribution in [1.29, 1.82) is 0 Å². The molecule has 0 bridgehead atoms. The van der Waals surface area contributed by atoms with Gasteiger partial charge in [-0.15, -0.1) is 11.6 Å². The summed E-state index contributed by atoms with van der Waals surface area (Å²) in [6.07, 6.45) is 0.598. The zero-order chi connectivity index (χ0) is 19.3. The maximum Gasteiger partial charge on any atom is 0.255 e. The van der Waals surface area contributed by atoms with Gasteiger partial charge in [0.25, 0.3) is 5.56 Å². The minimum Gasteiger partial charge on any atom is -0.494 e. The van der Waals surface area contributed by atoms with Gasteiger partial charge < -0.3 is 10.1 Å². The van der Waals surface area contributed by atoms with Crippen LogP contribution in [0.25, 0.3) is 0 Å². The van der Waals surface area contributed by atoms with Crippen LogP contribution >= 0.6 is 45.8 Å². The molecule has 1 heterocycles. The van der Waals surface area contributed by atoms with Crippen molar-refractivity contribution in [3.8, 4) is 5.75 Å². The third-order valence-corrected chi connectivity index (χ3v) is 5.83. The van der Waals surface area contributed by atoms with Crippen LogP contribution in [0.3, 0.4) is 0 Å². The summed E-state index contributed by atoms with van der Waals surface area (Å²) in [5.74, 6) is 1.48. The van der Waals surface area contributed by atoms with E-state index >= 15 is 0 Å². The van der Waals surface area contributed by atoms with E-state index in [2.05, 4.69) is 32.6 Å². The molecule has 0 radical (unpaired) electrons. The molecule has 1 aromatic carbocycles. The van der Waals surface area contributed by atoms with Crippen molar-refractivity contribution >= 4 is 74.0 Å². The number of nitrogens with zero attached hydrogens (tertiary/aromatic N) is 1. The summed E-state index contributed by atoms with van der Waals surface area (Å²) in [7, 11) is 1.68. The van der Waals surface area contributed by atoms with Crippen LogP contribution in [0.15, 0.2) is 29.1 Å². The summed E-state index contributed by atoms with van der Waals surface area (Å²) >= 11 is 14.1. The molecule has 6 nitrogen and oxygen atoms in total. The van der Waals surface area contributed by atoms with Gasteiger partial charge in [0.15, 0.2) is 5.75 Å². The molecule has 2 N–H and O–H groups in total. The van der Waals surface area contributed by atoms with Crippen LogP contribution in [0.5, 0.6) is 5.75 Å². The van der Waals surface area contributed by atoms with Gasteiger partial charge in [-0.05, 0) is 47.2 Å². The van der Waals surface area contributed by atoms with E-state index in [1.165, 1.54) is 17.7 Å². The fraction of sp³-hybridized carbons (Fsp3) is 0.312. The van der Waals surface area contributed by atoms with Gasteiger partial charge >= 0.3 is 0 Å². The van der Waals surface area contributed by atoms with Crippen LogP contribution in [-0.2, 0) is 18.0 Å². The Bertz CT molecular complexity index is 877. The van der Waals surface area contributed by atoms with Gasteiger partial charge in [0.2, 0.25) is 0 Å². The smallest absolute Gasteiger partial charge is 0.255 e. The maximum absolute atomic E-state index is 12.3. The topological polar surface area (TPSA) is 72.4 Å². The van der Waals surface area contributed by atoms with Gasteiger partial charge in [-0.2, -0.15) is 0 Å². The lowest BCUT2D eigenvalue weighted by molar-refractivity contribution is 0.415. The Morgan fingerprint density at radius 3 is 2.69 bits per heavy atom. The Balaban J connectivity index is 2.49. The number of hydrogen-bond donors (Lipinski definition) is 2. The lowest BCUT2D eigenvalue weighted by Gasteiger charge is -2.20. The first kappa shape index (κ1) is 21.3. The SMILES string of the molecule is COc1cc(=O)n(C)c(Nc2ccc(I)cc2Cl)c1NS(=O)CCCCl. The monoisotopic (exact) mass is 529 g/mol. The van der Waals surface area contributed by atoms with Crippen LogP contribution in [-0.4, -0.2) is 27.5 Å². The summed E-state index contributed by atoms with van der Waals surface area (Å²) in [4.78, 5) is 12.2. The minimum absolute atomic E-state index is 0.275. The molecular weight excluding hydrogens is 512 g/mol. The zero-order valence-corrected chi connectivity index (χ0v) is 18.6. The molecule has 1 aromatic heterocycles. The predicted molar refractivity (Wildman–Crippen MR) is 118 cm³/mol. The highest BCUT2D eigenvalue weighted by molar-refractivity contribution is 14.1. The van der Waals surface area contributed by atoms with E-state index in [0.29, 0.717) is 40.3 Å². The van der Waals surface area contributed by atoms with Gasteiger partial charge in [-0.25, -0.2) is 4.21 Å². The molecule has 142 valence electrons. The van der Waals surface area contributed by atoms with Gasteiger partial charge in [-0.1, -0.05) is 11.6 Å². The second-order valence-electron chi connectivity index (χ2n) is 5.28. The van der Waals surface area contributed by atoms with Crippen LogP contribution in [0.4, 0.5) is 17.2 Å². The normalized spacial score (nSPS) is 11.9. The number of anilines is 3. The van der Waals surface area contributed by atoms with E-state index in [1.807, 2.05) is 12.1 Å². The van der Waals surface area contributed by atoms with Gasteiger partial charge in [0.05, 0.1) is 17.8 Å². The standard InChI is InChI=1S/C16H18Cl2IN3O3S/c1-22-14(23)9-13(25-2)15(21-26(24)7-3-6-17)16(22)20-12-5-4-10(19)8-11(12)18/h4-5,8-9,20-21H,3,6-7H2,1-2H3. The largest absolute Gasteiger partial charge is 0.494 e. The molecule has 0 aliphatic heterocycles. The van der Waals surface area contributed by atoms with Crippen LogP contribution < -0.4 is 20.3 Å². The molecule has 0 spiro atoms. The molecule has 1 unspecified atom stereocenters. The molecule has 1 atom stereocenters. The van der Waals surface area contributed by atoms with Crippen molar-refractivity contribution in [2.45, 2.75) is 6.42 Å². The van der Waals surface area contributed by atoms with Gasteiger partial charge in [-0.3, -0.25) is 14.1 Å². The van der Waals surface area contributed by atoms with Gasteiger partial charge in [0.1, 0.15) is 22.5 Å². The first-order chi connectivity index (χ1) is 12.4. The summed E-state index contributed by atoms with van der Waals surface area (Å²) < 4.78 is 22.9. The highest BCUT2D eigenvalue weighted by Gasteiger charge is 2.18. The Kier molecular flexibility index (Phi) is 8.05. The molecule has 2 aromatic rings. The number of pyridine rings is 1. The van der Waals surface area contributed by atoms with Crippen molar-refractivity contribution < 1.29 is 8.95 Å². The summed E-state index contributed by atoms with van der Waals surface area (Å²) in [5, 5.41) is 3.64. The average molecular weight is 530 g/mol. The maximum atomic E-state index is 12.3. The van der Waals surface area contributed by atoms with Crippen LogP contribution in [0, 0.1) is 3.57 Å². The van der Waals surface area contributed by atoms with E-state index < -0.39 is 11.0 Å². The molecule has 10 heteroatoms. The second kappa shape index (κ2) is 9.82. The number of halogens is 3. The second-order valence-corrected chi connectivity index (χ2v) is 8.61. The quantitative estimate of drug-likeness (QED) is 0.399. The molecule has 0 amide bonds. The van der Waals surface area contributed by atoms with Crippen LogP contribution in [0.2, 0.25) is 5.02 Å². The molecule has 2 rings (SSSR count). The number of hydrogen-bond acceptors (Lipinski definition) is 4. The molecule has 26 heavy (non-hydrogen) atoms. The molecule has 0 saturated carbocycles. The number of nitrogens with one attached hydrogen (secondary N) is 2. The summed E-state index contributed by atoms with van der Waals surface area (Å²) in [5.41, 5.74) is 0.755. The summed E-state index contributed by atoms with van der Waals surface area (Å²) in [6, 6.07) is 6.83. The fourth-order valence-corrected chi connectivity index (χ4v) is 4.28. The third kappa shape index (κ3) is 5.28. The molecule has 0 aliphatic carbocycles. The first-order valence-electron chi connectivity index (χ1n) is 7.58.